The third-order valence-corrected chi connectivity index (χ3v) is 6.15. The molecule has 0 aliphatic heterocycles. The Kier molecular flexibility index (Phi) is 5.27. The number of aromatic nitrogens is 3. The molecule has 12 heteroatoms. The fourth-order valence-corrected chi connectivity index (χ4v) is 4.72. The van der Waals surface area contributed by atoms with Crippen LogP contribution in [0.5, 0.6) is 0 Å². The zero-order chi connectivity index (χ0) is 21.6. The van der Waals surface area contributed by atoms with Crippen LogP contribution in [0.15, 0.2) is 35.1 Å². The van der Waals surface area contributed by atoms with E-state index in [4.69, 9.17) is 10.2 Å². The molecule has 0 bridgehead atoms. The largest absolute Gasteiger partial charge is 0.464 e. The number of alkyl halides is 2. The molecule has 4 heterocycles. The van der Waals surface area contributed by atoms with Crippen molar-refractivity contribution in [1.29, 1.82) is 0 Å². The van der Waals surface area contributed by atoms with Gasteiger partial charge in [-0.1, -0.05) is 0 Å². The Labute approximate surface area is 185 Å². The van der Waals surface area contributed by atoms with E-state index in [0.29, 0.717) is 8.96 Å². The number of carbonyl (C=O) groups excluding carboxylic acids is 2. The topological polar surface area (TPSA) is 116 Å². The highest BCUT2D eigenvalue weighted by Gasteiger charge is 2.27. The Morgan fingerprint density at radius 2 is 2.17 bits per heavy atom. The van der Waals surface area contributed by atoms with E-state index >= 15 is 0 Å². The monoisotopic (exact) mass is 543 g/mol. The van der Waals surface area contributed by atoms with Gasteiger partial charge in [0.2, 0.25) is 0 Å². The highest BCUT2D eigenvalue weighted by molar-refractivity contribution is 14.1. The number of amides is 2. The number of carbonyl (C=O) groups is 2. The van der Waals surface area contributed by atoms with E-state index in [1.807, 2.05) is 22.6 Å². The number of pyridine rings is 1. The van der Waals surface area contributed by atoms with Crippen molar-refractivity contribution in [2.45, 2.75) is 6.43 Å². The highest BCUT2D eigenvalue weighted by atomic mass is 127. The van der Waals surface area contributed by atoms with Crippen LogP contribution in [-0.4, -0.2) is 26.6 Å². The van der Waals surface area contributed by atoms with Crippen LogP contribution < -0.4 is 11.1 Å². The van der Waals surface area contributed by atoms with E-state index in [-0.39, 0.29) is 32.4 Å². The molecule has 0 radical (unpaired) electrons. The third-order valence-electron chi connectivity index (χ3n) is 4.26. The van der Waals surface area contributed by atoms with E-state index in [9.17, 15) is 18.4 Å². The molecule has 8 nitrogen and oxygen atoms in total. The fourth-order valence-electron chi connectivity index (χ4n) is 2.99. The van der Waals surface area contributed by atoms with Gasteiger partial charge in [-0.05, 0) is 40.8 Å². The summed E-state index contributed by atoms with van der Waals surface area (Å²) < 4.78 is 34.2. The van der Waals surface area contributed by atoms with Crippen LogP contribution >= 0.6 is 33.9 Å². The van der Waals surface area contributed by atoms with Crippen LogP contribution in [-0.2, 0) is 7.05 Å². The van der Waals surface area contributed by atoms with Gasteiger partial charge in [-0.15, -0.1) is 11.3 Å². The SMILES string of the molecule is Cn1ncc(I)c1C(=O)Nc1c(C(N)=O)sc2nc(C(F)F)cc(-c3ccco3)c12. The molecule has 0 atom stereocenters. The second-order valence-electron chi connectivity index (χ2n) is 6.14. The van der Waals surface area contributed by atoms with Crippen LogP contribution in [0.2, 0.25) is 0 Å². The number of anilines is 1. The lowest BCUT2D eigenvalue weighted by molar-refractivity contribution is 0.100. The Bertz CT molecular complexity index is 1260. The molecular weight excluding hydrogens is 531 g/mol. The third kappa shape index (κ3) is 3.45. The van der Waals surface area contributed by atoms with Gasteiger partial charge in [-0.3, -0.25) is 14.3 Å². The summed E-state index contributed by atoms with van der Waals surface area (Å²) in [5.74, 6) is -1.08. The molecule has 0 aromatic carbocycles. The molecule has 0 fully saturated rings. The fraction of sp³-hybridized carbons (Fsp3) is 0.111. The molecule has 0 aliphatic rings. The van der Waals surface area contributed by atoms with Gasteiger partial charge >= 0.3 is 0 Å². The van der Waals surface area contributed by atoms with Crippen molar-refractivity contribution in [3.63, 3.8) is 0 Å². The molecule has 4 aromatic rings. The summed E-state index contributed by atoms with van der Waals surface area (Å²) in [5.41, 5.74) is 5.64. The van der Waals surface area contributed by atoms with Crippen molar-refractivity contribution < 1.29 is 22.8 Å². The molecular formula is C18H12F2IN5O3S. The number of rotatable bonds is 5. The predicted octanol–water partition coefficient (Wildman–Crippen LogP) is 4.18. The Morgan fingerprint density at radius 1 is 1.40 bits per heavy atom. The number of hydrogen-bond acceptors (Lipinski definition) is 6. The number of nitrogens with zero attached hydrogens (tertiary/aromatic N) is 3. The van der Waals surface area contributed by atoms with Gasteiger partial charge in [0.25, 0.3) is 18.2 Å². The summed E-state index contributed by atoms with van der Waals surface area (Å²) >= 11 is 2.78. The molecule has 0 unspecified atom stereocenters. The normalized spacial score (nSPS) is 11.4. The predicted molar refractivity (Wildman–Crippen MR) is 115 cm³/mol. The van der Waals surface area contributed by atoms with E-state index < -0.39 is 23.9 Å². The summed E-state index contributed by atoms with van der Waals surface area (Å²) in [6, 6.07) is 4.36. The minimum Gasteiger partial charge on any atom is -0.464 e. The summed E-state index contributed by atoms with van der Waals surface area (Å²) in [7, 11) is 1.60. The molecule has 154 valence electrons. The molecule has 0 aliphatic carbocycles. The number of nitrogens with one attached hydrogen (secondary N) is 1. The minimum absolute atomic E-state index is 0.0118. The number of fused-ring (bicyclic) bond motifs is 1. The zero-order valence-electron chi connectivity index (χ0n) is 15.1. The molecule has 0 spiro atoms. The standard InChI is InChI=1S/C18H12F2IN5O3S/c1-26-13(8(21)6-23-26)17(28)25-12-11-7(10-3-2-4-29-10)5-9(15(19)20)24-18(11)30-14(12)16(22)27/h2-6,15H,1H3,(H2,22,27)(H,25,28). The lowest BCUT2D eigenvalue weighted by atomic mass is 10.1. The second-order valence-corrected chi connectivity index (χ2v) is 8.30. The number of thiophene rings is 1. The van der Waals surface area contributed by atoms with Crippen molar-refractivity contribution in [3.05, 3.63) is 50.5 Å². The first-order valence-corrected chi connectivity index (χ1v) is 10.3. The maximum Gasteiger partial charge on any atom is 0.280 e. The Balaban J connectivity index is 1.97. The Morgan fingerprint density at radius 3 is 2.73 bits per heavy atom. The first-order chi connectivity index (χ1) is 14.3. The summed E-state index contributed by atoms with van der Waals surface area (Å²) in [6.45, 7) is 0. The van der Waals surface area contributed by atoms with Crippen molar-refractivity contribution >= 4 is 61.6 Å². The van der Waals surface area contributed by atoms with E-state index in [1.165, 1.54) is 23.2 Å². The van der Waals surface area contributed by atoms with Gasteiger partial charge in [0.15, 0.2) is 0 Å². The smallest absolute Gasteiger partial charge is 0.280 e. The van der Waals surface area contributed by atoms with Crippen LogP contribution in [0.25, 0.3) is 21.5 Å². The average Bonchev–Trinajstić information content (AvgIpc) is 3.40. The lowest BCUT2D eigenvalue weighted by Crippen LogP contribution is -2.20. The molecule has 4 aromatic heterocycles. The number of primary amides is 1. The Hall–Kier alpha value is -2.87. The number of hydrogen-bond donors (Lipinski definition) is 2. The maximum atomic E-state index is 13.4. The molecule has 0 saturated heterocycles. The van der Waals surface area contributed by atoms with Crippen LogP contribution in [0.4, 0.5) is 14.5 Å². The summed E-state index contributed by atoms with van der Waals surface area (Å²) in [6.07, 6.45) is 0.0682. The van der Waals surface area contributed by atoms with E-state index in [1.54, 1.807) is 19.2 Å². The van der Waals surface area contributed by atoms with Crippen molar-refractivity contribution in [2.24, 2.45) is 12.8 Å². The van der Waals surface area contributed by atoms with Crippen molar-refractivity contribution in [3.8, 4) is 11.3 Å². The second kappa shape index (κ2) is 7.75. The van der Waals surface area contributed by atoms with Crippen LogP contribution in [0.1, 0.15) is 32.3 Å². The number of aryl methyl sites for hydroxylation is 1. The van der Waals surface area contributed by atoms with Gasteiger partial charge in [-0.2, -0.15) is 5.10 Å². The van der Waals surface area contributed by atoms with Gasteiger partial charge < -0.3 is 15.5 Å². The minimum atomic E-state index is -2.84. The first kappa shape index (κ1) is 20.4. The van der Waals surface area contributed by atoms with Crippen LogP contribution in [0, 0.1) is 3.57 Å². The molecule has 3 N–H and O–H groups in total. The average molecular weight is 543 g/mol. The quantitative estimate of drug-likeness (QED) is 0.367. The van der Waals surface area contributed by atoms with Gasteiger partial charge in [-0.25, -0.2) is 13.8 Å². The molecule has 30 heavy (non-hydrogen) atoms. The van der Waals surface area contributed by atoms with Crippen molar-refractivity contribution in [2.75, 3.05) is 5.32 Å². The van der Waals surface area contributed by atoms with Gasteiger partial charge in [0, 0.05) is 18.0 Å². The maximum absolute atomic E-state index is 13.4. The van der Waals surface area contributed by atoms with Gasteiger partial charge in [0.1, 0.15) is 26.9 Å². The lowest BCUT2D eigenvalue weighted by Gasteiger charge is -2.10. The molecule has 2 amide bonds. The highest BCUT2D eigenvalue weighted by Crippen LogP contribution is 2.42. The van der Waals surface area contributed by atoms with E-state index in [0.717, 1.165) is 11.3 Å². The summed E-state index contributed by atoms with van der Waals surface area (Å²) in [4.78, 5) is 29.1. The molecule has 0 saturated carbocycles. The van der Waals surface area contributed by atoms with Crippen LogP contribution in [0.3, 0.4) is 0 Å². The number of furan rings is 1. The van der Waals surface area contributed by atoms with Gasteiger partial charge in [0.05, 0.1) is 21.7 Å². The number of halogens is 3. The molecule has 4 rings (SSSR count). The summed E-state index contributed by atoms with van der Waals surface area (Å²) in [5, 5.41) is 7.00. The van der Waals surface area contributed by atoms with Crippen molar-refractivity contribution in [1.82, 2.24) is 14.8 Å². The number of nitrogens with two attached hydrogens (primary N) is 1. The first-order valence-electron chi connectivity index (χ1n) is 8.36. The van der Waals surface area contributed by atoms with E-state index in [2.05, 4.69) is 15.4 Å². The zero-order valence-corrected chi connectivity index (χ0v) is 18.1.